The van der Waals surface area contributed by atoms with E-state index in [0.29, 0.717) is 0 Å². The summed E-state index contributed by atoms with van der Waals surface area (Å²) in [5, 5.41) is 3.63. The van der Waals surface area contributed by atoms with Crippen LogP contribution in [0, 0.1) is 0 Å². The van der Waals surface area contributed by atoms with E-state index in [1.807, 2.05) is 42.5 Å². The zero-order chi connectivity index (χ0) is 17.8. The van der Waals surface area contributed by atoms with Crippen LogP contribution in [-0.2, 0) is 0 Å². The highest BCUT2D eigenvalue weighted by Gasteiger charge is 2.37. The summed E-state index contributed by atoms with van der Waals surface area (Å²) in [5.74, 6) is 3.59. The molecule has 4 heteroatoms. The molecule has 0 saturated heterocycles. The molecule has 0 N–H and O–H groups in total. The number of fused-ring (bicyclic) bond motifs is 4. The normalized spacial score (nSPS) is 13.6. The van der Waals surface area contributed by atoms with Gasteiger partial charge in [0.2, 0.25) is 0 Å². The predicted molar refractivity (Wildman–Crippen MR) is 109 cm³/mol. The van der Waals surface area contributed by atoms with Gasteiger partial charge in [-0.05, 0) is 36.4 Å². The molecule has 0 fully saturated rings. The summed E-state index contributed by atoms with van der Waals surface area (Å²) in [4.78, 5) is 4.49. The van der Waals surface area contributed by atoms with Crippen LogP contribution in [0.1, 0.15) is 0 Å². The van der Waals surface area contributed by atoms with Crippen molar-refractivity contribution in [3.8, 4) is 34.3 Å². The Kier molecular flexibility index (Phi) is 3.14. The maximum Gasteiger partial charge on any atom is 0.140 e. The molecule has 0 saturated carbocycles. The van der Waals surface area contributed by atoms with Gasteiger partial charge < -0.3 is 9.47 Å². The molecule has 6 rings (SSSR count). The molecule has 128 valence electrons. The van der Waals surface area contributed by atoms with Crippen molar-refractivity contribution in [2.45, 2.75) is 0 Å². The van der Waals surface area contributed by atoms with Crippen molar-refractivity contribution in [2.75, 3.05) is 0 Å². The Morgan fingerprint density at radius 3 is 1.81 bits per heavy atom. The molecule has 0 unspecified atom stereocenters. The number of benzene rings is 3. The van der Waals surface area contributed by atoms with Crippen molar-refractivity contribution >= 4 is 23.8 Å². The second kappa shape index (κ2) is 5.67. The monoisotopic (exact) mass is 367 g/mol. The summed E-state index contributed by atoms with van der Waals surface area (Å²) in [6.07, 6.45) is 1.81. The van der Waals surface area contributed by atoms with Crippen molar-refractivity contribution < 1.29 is 9.47 Å². The summed E-state index contributed by atoms with van der Waals surface area (Å²) in [5.41, 5.74) is 1.91. The molecule has 1 aromatic heterocycles. The number of para-hydroxylation sites is 2. The first-order valence-corrected chi connectivity index (χ1v) is 10.2. The fraction of sp³-hybridized carbons (Fsp3) is 0. The molecule has 3 heterocycles. The predicted octanol–water partition coefficient (Wildman–Crippen LogP) is 4.72. The van der Waals surface area contributed by atoms with Gasteiger partial charge in [-0.2, -0.15) is 0 Å². The van der Waals surface area contributed by atoms with E-state index in [1.54, 1.807) is 6.20 Å². The smallest absolute Gasteiger partial charge is 0.140 e. The number of hydrogen-bond donors (Lipinski definition) is 0. The highest BCUT2D eigenvalue weighted by Crippen LogP contribution is 2.53. The van der Waals surface area contributed by atoms with Gasteiger partial charge in [-0.15, -0.1) is 0 Å². The Labute approximate surface area is 158 Å². The van der Waals surface area contributed by atoms with Gasteiger partial charge in [0, 0.05) is 30.3 Å². The third-order valence-corrected chi connectivity index (χ3v) is 7.47. The van der Waals surface area contributed by atoms with E-state index in [4.69, 9.17) is 9.47 Å². The van der Waals surface area contributed by atoms with Crippen LogP contribution in [0.3, 0.4) is 0 Å². The van der Waals surface area contributed by atoms with Gasteiger partial charge in [0.1, 0.15) is 23.0 Å². The van der Waals surface area contributed by atoms with Gasteiger partial charge in [-0.3, -0.25) is 4.98 Å². The van der Waals surface area contributed by atoms with Crippen LogP contribution in [0.5, 0.6) is 23.0 Å². The lowest BCUT2D eigenvalue weighted by Crippen LogP contribution is -2.31. The zero-order valence-corrected chi connectivity index (χ0v) is 15.2. The lowest BCUT2D eigenvalue weighted by molar-refractivity contribution is 0.467. The van der Waals surface area contributed by atoms with Crippen LogP contribution < -0.4 is 25.4 Å². The fourth-order valence-electron chi connectivity index (χ4n) is 3.70. The molecule has 0 spiro atoms. The Morgan fingerprint density at radius 1 is 0.630 bits per heavy atom. The third kappa shape index (κ3) is 2.22. The molecule has 3 aromatic carbocycles. The largest absolute Gasteiger partial charge is 0.456 e. The van der Waals surface area contributed by atoms with E-state index in [0.717, 1.165) is 39.6 Å². The van der Waals surface area contributed by atoms with E-state index in [2.05, 4.69) is 41.4 Å². The zero-order valence-electron chi connectivity index (χ0n) is 14.3. The lowest BCUT2D eigenvalue weighted by atomic mass is 10.1. The van der Waals surface area contributed by atoms with Gasteiger partial charge in [0.05, 0.1) is 11.0 Å². The first-order valence-electron chi connectivity index (χ1n) is 8.82. The van der Waals surface area contributed by atoms with Crippen molar-refractivity contribution in [2.24, 2.45) is 0 Å². The van der Waals surface area contributed by atoms with E-state index in [-0.39, 0.29) is 0 Å². The quantitative estimate of drug-likeness (QED) is 0.394. The molecular weight excluding hydrogens is 353 g/mol. The van der Waals surface area contributed by atoms with Crippen LogP contribution in [0.25, 0.3) is 11.3 Å². The number of rotatable bonds is 1. The SMILES string of the molecule is c1ccc(-c2cc3c4c(c2)Oc2ccccc2P4c2ccccc2O3)nc1. The number of ether oxygens (including phenoxy) is 2. The van der Waals surface area contributed by atoms with Crippen molar-refractivity contribution in [3.63, 3.8) is 0 Å². The minimum Gasteiger partial charge on any atom is -0.456 e. The molecule has 27 heavy (non-hydrogen) atoms. The standard InChI is InChI=1S/C23H14NO2P/c1-3-10-21-17(8-1)25-19-13-15(16-7-5-6-12-24-16)14-20-23(19)27(21)22-11-4-2-9-18(22)26-20/h1-14H. The lowest BCUT2D eigenvalue weighted by Gasteiger charge is -2.34. The Hall–Kier alpha value is -3.16. The molecule has 0 radical (unpaired) electrons. The number of pyridine rings is 1. The van der Waals surface area contributed by atoms with Gasteiger partial charge >= 0.3 is 0 Å². The molecule has 3 nitrogen and oxygen atoms in total. The molecule has 0 atom stereocenters. The molecule has 2 aliphatic rings. The molecule has 0 amide bonds. The minimum atomic E-state index is -0.703. The maximum absolute atomic E-state index is 6.31. The van der Waals surface area contributed by atoms with Crippen LogP contribution >= 0.6 is 7.92 Å². The van der Waals surface area contributed by atoms with Gasteiger partial charge in [0.15, 0.2) is 0 Å². The molecule has 0 aliphatic carbocycles. The second-order valence-electron chi connectivity index (χ2n) is 6.51. The summed E-state index contributed by atoms with van der Waals surface area (Å²) in [7, 11) is -0.703. The topological polar surface area (TPSA) is 31.4 Å². The van der Waals surface area contributed by atoms with Gasteiger partial charge in [0.25, 0.3) is 0 Å². The Morgan fingerprint density at radius 2 is 1.22 bits per heavy atom. The number of hydrogen-bond acceptors (Lipinski definition) is 3. The van der Waals surface area contributed by atoms with Gasteiger partial charge in [-0.25, -0.2) is 0 Å². The van der Waals surface area contributed by atoms with E-state index >= 15 is 0 Å². The molecule has 2 aliphatic heterocycles. The van der Waals surface area contributed by atoms with E-state index in [9.17, 15) is 0 Å². The second-order valence-corrected chi connectivity index (χ2v) is 8.59. The van der Waals surface area contributed by atoms with Crippen LogP contribution in [0.15, 0.2) is 85.1 Å². The van der Waals surface area contributed by atoms with Crippen LogP contribution in [0.4, 0.5) is 0 Å². The van der Waals surface area contributed by atoms with E-state index < -0.39 is 7.92 Å². The fourth-order valence-corrected chi connectivity index (χ4v) is 6.26. The molecule has 0 bridgehead atoms. The van der Waals surface area contributed by atoms with Gasteiger partial charge in [-0.1, -0.05) is 42.5 Å². The number of aromatic nitrogens is 1. The third-order valence-electron chi connectivity index (χ3n) is 4.88. The Balaban J connectivity index is 1.64. The summed E-state index contributed by atoms with van der Waals surface area (Å²) in [6.45, 7) is 0. The maximum atomic E-state index is 6.31. The average Bonchev–Trinajstić information content (AvgIpc) is 2.74. The summed E-state index contributed by atoms with van der Waals surface area (Å²) in [6, 6.07) is 26.7. The molecular formula is C23H14NO2P. The highest BCUT2D eigenvalue weighted by atomic mass is 31.1. The summed E-state index contributed by atoms with van der Waals surface area (Å²) < 4.78 is 12.6. The minimum absolute atomic E-state index is 0.703. The highest BCUT2D eigenvalue weighted by molar-refractivity contribution is 7.80. The summed E-state index contributed by atoms with van der Waals surface area (Å²) >= 11 is 0. The van der Waals surface area contributed by atoms with Crippen molar-refractivity contribution in [1.29, 1.82) is 0 Å². The van der Waals surface area contributed by atoms with Crippen molar-refractivity contribution in [3.05, 3.63) is 85.1 Å². The van der Waals surface area contributed by atoms with E-state index in [1.165, 1.54) is 10.6 Å². The number of nitrogens with zero attached hydrogens (tertiary/aromatic N) is 1. The molecule has 4 aromatic rings. The van der Waals surface area contributed by atoms with Crippen LogP contribution in [-0.4, -0.2) is 4.98 Å². The van der Waals surface area contributed by atoms with Crippen molar-refractivity contribution in [1.82, 2.24) is 4.98 Å². The first kappa shape index (κ1) is 15.0. The Bertz CT molecular complexity index is 1120. The average molecular weight is 367 g/mol. The van der Waals surface area contributed by atoms with Crippen LogP contribution in [0.2, 0.25) is 0 Å². The first-order chi connectivity index (χ1) is 13.4.